The third-order valence-corrected chi connectivity index (χ3v) is 7.93. The maximum absolute atomic E-state index is 13.3. The fourth-order valence-corrected chi connectivity index (χ4v) is 5.38. The Morgan fingerprint density at radius 2 is 2.00 bits per heavy atom. The maximum atomic E-state index is 13.3. The van der Waals surface area contributed by atoms with E-state index in [0.29, 0.717) is 23.8 Å². The van der Waals surface area contributed by atoms with Gasteiger partial charge < -0.3 is 34.9 Å². The molecule has 1 atom stereocenters. The van der Waals surface area contributed by atoms with Crippen LogP contribution >= 0.6 is 24.0 Å². The smallest absolute Gasteiger partial charge is 0.321 e. The Balaban J connectivity index is 0.00000196. The summed E-state index contributed by atoms with van der Waals surface area (Å²) in [6, 6.07) is 3.44. The number of pyridine rings is 2. The number of carbonyl (C=O) groups is 1. The molecule has 4 N–H and O–H groups in total. The number of piperidine rings is 1. The minimum atomic E-state index is -0.273. The van der Waals surface area contributed by atoms with Crippen molar-refractivity contribution in [2.75, 3.05) is 56.4 Å². The topological polar surface area (TPSA) is 139 Å². The lowest BCUT2D eigenvalue weighted by Crippen LogP contribution is -2.47. The molecule has 2 saturated heterocycles. The van der Waals surface area contributed by atoms with Gasteiger partial charge in [-0.3, -0.25) is 10.2 Å². The maximum Gasteiger partial charge on any atom is 0.321 e. The molecule has 1 saturated carbocycles. The molecule has 0 unspecified atom stereocenters. The quantitative estimate of drug-likeness (QED) is 0.240. The summed E-state index contributed by atoms with van der Waals surface area (Å²) in [5.41, 5.74) is 8.52. The number of urea groups is 1. The molecule has 12 heteroatoms. The van der Waals surface area contributed by atoms with Gasteiger partial charge in [-0.15, -0.1) is 24.0 Å². The van der Waals surface area contributed by atoms with Crippen LogP contribution in [-0.4, -0.2) is 72.9 Å². The molecule has 3 aliphatic rings. The lowest BCUT2D eigenvalue weighted by atomic mass is 10.0. The van der Waals surface area contributed by atoms with Crippen LogP contribution in [0.3, 0.4) is 0 Å². The summed E-state index contributed by atoms with van der Waals surface area (Å²) in [5.74, 6) is 0.691. The highest BCUT2D eigenvalue weighted by Crippen LogP contribution is 2.40. The summed E-state index contributed by atoms with van der Waals surface area (Å²) in [4.78, 5) is 34.7. The van der Waals surface area contributed by atoms with E-state index in [4.69, 9.17) is 20.6 Å². The fourth-order valence-electron chi connectivity index (χ4n) is 5.38. The van der Waals surface area contributed by atoms with E-state index in [1.165, 1.54) is 7.11 Å². The molecule has 4 heterocycles. The minimum Gasteiger partial charge on any atom is -0.481 e. The summed E-state index contributed by atoms with van der Waals surface area (Å²) in [7, 11) is 3.22. The number of hydrogen-bond donors (Lipinski definition) is 3. The van der Waals surface area contributed by atoms with Crippen LogP contribution in [0.1, 0.15) is 64.5 Å². The molecule has 5 rings (SSSR count). The van der Waals surface area contributed by atoms with E-state index in [1.807, 2.05) is 18.3 Å². The van der Waals surface area contributed by atoms with Crippen LogP contribution in [0.15, 0.2) is 29.3 Å². The van der Waals surface area contributed by atoms with Crippen molar-refractivity contribution in [2.24, 2.45) is 0 Å². The van der Waals surface area contributed by atoms with Crippen molar-refractivity contribution in [3.8, 4) is 0 Å². The molecule has 0 aromatic carbocycles. The summed E-state index contributed by atoms with van der Waals surface area (Å²) < 4.78 is 12.4. The van der Waals surface area contributed by atoms with E-state index in [9.17, 15) is 9.59 Å². The van der Waals surface area contributed by atoms with Gasteiger partial charge in [0.2, 0.25) is 5.90 Å². The Kier molecular flexibility index (Phi) is 9.36. The van der Waals surface area contributed by atoms with Gasteiger partial charge in [0.1, 0.15) is 11.5 Å². The first kappa shape index (κ1) is 29.1. The number of halogens is 1. The zero-order valence-electron chi connectivity index (χ0n) is 22.5. The van der Waals surface area contributed by atoms with Crippen LogP contribution in [0.5, 0.6) is 0 Å². The first-order valence-corrected chi connectivity index (χ1v) is 13.4. The van der Waals surface area contributed by atoms with Gasteiger partial charge in [0, 0.05) is 41.8 Å². The number of methoxy groups -OCH3 is 1. The molecule has 2 aromatic rings. The van der Waals surface area contributed by atoms with Gasteiger partial charge in [-0.25, -0.2) is 9.78 Å². The normalized spacial score (nSPS) is 19.6. The van der Waals surface area contributed by atoms with E-state index in [2.05, 4.69) is 15.2 Å². The second-order valence-electron chi connectivity index (χ2n) is 10.5. The molecular weight excluding hydrogens is 613 g/mol. The Morgan fingerprint density at radius 1 is 1.26 bits per heavy atom. The van der Waals surface area contributed by atoms with Gasteiger partial charge >= 0.3 is 6.03 Å². The second-order valence-corrected chi connectivity index (χ2v) is 10.5. The van der Waals surface area contributed by atoms with Gasteiger partial charge in [-0.1, -0.05) is 0 Å². The number of ether oxygens (including phenoxy) is 2. The Hall–Kier alpha value is -2.87. The lowest BCUT2D eigenvalue weighted by Gasteiger charge is -2.37. The largest absolute Gasteiger partial charge is 0.481 e. The van der Waals surface area contributed by atoms with Gasteiger partial charge in [0.15, 0.2) is 0 Å². The Morgan fingerprint density at radius 3 is 2.64 bits per heavy atom. The number of hydrogen-bond acceptors (Lipinski definition) is 8. The number of nitrogens with zero attached hydrogens (tertiary/aromatic N) is 4. The number of nitrogen functional groups attached to an aromatic ring is 1. The fraction of sp³-hybridized carbons (Fsp3) is 0.556. The number of nitrogens with two attached hydrogens (primary N) is 1. The van der Waals surface area contributed by atoms with Crippen LogP contribution in [0.2, 0.25) is 0 Å². The summed E-state index contributed by atoms with van der Waals surface area (Å²) in [6.07, 6.45) is 9.25. The van der Waals surface area contributed by atoms with E-state index in [0.717, 1.165) is 69.5 Å². The summed E-state index contributed by atoms with van der Waals surface area (Å²) in [5, 5.41) is 10.9. The van der Waals surface area contributed by atoms with Crippen molar-refractivity contribution in [2.45, 2.75) is 56.5 Å². The lowest BCUT2D eigenvalue weighted by molar-refractivity contribution is 0.0580. The standard InChI is InChI=1S/C27H37N7O4.HI.2H2/c1-32(19-7-9-33(10-8-19)21-13-22(25(29)37-2)24(28)30-14-21)27(36)31-23-12-18(17-5-6-17)15-34(26(23)35)20-4-3-11-38-16-20;;;/h12-15,17,19-20,29H,3-11,16H2,1-2H3,(H2,28,30)(H,31,36);3*1H/t20-;;;/m0.../s1. The number of rotatable bonds is 6. The number of carbonyl (C=O) groups excluding carboxylic acids is 1. The average Bonchev–Trinajstić information content (AvgIpc) is 3.80. The van der Waals surface area contributed by atoms with Crippen molar-refractivity contribution < 1.29 is 17.1 Å². The SMILES string of the molecule is COC(=N)c1cc(N2CCC(N(C)C(=O)Nc3cc(C4CC4)cn([C@H]4CCCOC4)c3=O)CC2)cnc1N.I.[HH].[HH]. The molecule has 3 fully saturated rings. The van der Waals surface area contributed by atoms with Gasteiger partial charge in [0.25, 0.3) is 5.56 Å². The molecule has 2 aromatic heterocycles. The van der Waals surface area contributed by atoms with E-state index < -0.39 is 0 Å². The monoisotopic (exact) mass is 655 g/mol. The number of amides is 2. The Bertz CT molecular complexity index is 1260. The van der Waals surface area contributed by atoms with Gasteiger partial charge in [0.05, 0.1) is 37.2 Å². The zero-order chi connectivity index (χ0) is 26.8. The molecule has 0 spiro atoms. The van der Waals surface area contributed by atoms with Crippen LogP contribution in [0.25, 0.3) is 0 Å². The molecule has 11 nitrogen and oxygen atoms in total. The first-order valence-electron chi connectivity index (χ1n) is 13.4. The average molecular weight is 656 g/mol. The van der Waals surface area contributed by atoms with Crippen molar-refractivity contribution in [3.63, 3.8) is 0 Å². The molecule has 39 heavy (non-hydrogen) atoms. The van der Waals surface area contributed by atoms with E-state index >= 15 is 0 Å². The highest BCUT2D eigenvalue weighted by molar-refractivity contribution is 14.0. The molecule has 2 amide bonds. The van der Waals surface area contributed by atoms with E-state index in [1.54, 1.807) is 22.7 Å². The van der Waals surface area contributed by atoms with Crippen molar-refractivity contribution >= 4 is 53.1 Å². The van der Waals surface area contributed by atoms with Gasteiger partial charge in [-0.2, -0.15) is 0 Å². The van der Waals surface area contributed by atoms with Crippen LogP contribution in [0, 0.1) is 5.41 Å². The van der Waals surface area contributed by atoms with Crippen molar-refractivity contribution in [3.05, 3.63) is 46.0 Å². The molecule has 0 bridgehead atoms. The molecule has 0 radical (unpaired) electrons. The predicted molar refractivity (Wildman–Crippen MR) is 166 cm³/mol. The van der Waals surface area contributed by atoms with Crippen LogP contribution < -0.4 is 21.5 Å². The molecule has 216 valence electrons. The summed E-state index contributed by atoms with van der Waals surface area (Å²) in [6.45, 7) is 2.70. The second kappa shape index (κ2) is 12.5. The number of anilines is 3. The third-order valence-electron chi connectivity index (χ3n) is 7.93. The van der Waals surface area contributed by atoms with E-state index in [-0.39, 0.29) is 62.2 Å². The van der Waals surface area contributed by atoms with Gasteiger partial charge in [-0.05, 0) is 62.1 Å². The van der Waals surface area contributed by atoms with Crippen LogP contribution in [0.4, 0.5) is 22.0 Å². The third kappa shape index (κ3) is 6.48. The first-order chi connectivity index (χ1) is 18.4. The zero-order valence-corrected chi connectivity index (χ0v) is 24.9. The highest BCUT2D eigenvalue weighted by Gasteiger charge is 2.30. The minimum absolute atomic E-state index is 0. The predicted octanol–water partition coefficient (Wildman–Crippen LogP) is 4.27. The number of aromatic nitrogens is 2. The van der Waals surface area contributed by atoms with Crippen molar-refractivity contribution in [1.82, 2.24) is 14.5 Å². The Labute approximate surface area is 248 Å². The summed E-state index contributed by atoms with van der Waals surface area (Å²) >= 11 is 0. The molecule has 1 aliphatic carbocycles. The highest BCUT2D eigenvalue weighted by atomic mass is 127. The molecular formula is C27H42IN7O4. The van der Waals surface area contributed by atoms with Crippen molar-refractivity contribution in [1.29, 1.82) is 5.41 Å². The molecule has 2 aliphatic heterocycles. The van der Waals surface area contributed by atoms with Crippen LogP contribution in [-0.2, 0) is 9.47 Å². The number of nitrogens with one attached hydrogen (secondary N) is 2.